The van der Waals surface area contributed by atoms with Gasteiger partial charge in [0.1, 0.15) is 12.4 Å². The van der Waals surface area contributed by atoms with Gasteiger partial charge in [0, 0.05) is 18.8 Å². The lowest BCUT2D eigenvalue weighted by atomic mass is 9.99. The van der Waals surface area contributed by atoms with Gasteiger partial charge in [0.15, 0.2) is 0 Å². The number of hydrogen-bond acceptors (Lipinski definition) is 5. The number of nitrogens with two attached hydrogens (primary N) is 1. The predicted octanol–water partition coefficient (Wildman–Crippen LogP) is 0.680. The van der Waals surface area contributed by atoms with Gasteiger partial charge in [0.25, 0.3) is 0 Å². The molecule has 1 heterocycles. The van der Waals surface area contributed by atoms with Crippen LogP contribution in [0, 0.1) is 5.92 Å². The van der Waals surface area contributed by atoms with E-state index in [0.717, 1.165) is 0 Å². The summed E-state index contributed by atoms with van der Waals surface area (Å²) < 4.78 is 31.3. The molecule has 2 rings (SSSR count). The molecular weight excluding hydrogens is 292 g/mol. The highest BCUT2D eigenvalue weighted by Gasteiger charge is 2.31. The fourth-order valence-electron chi connectivity index (χ4n) is 2.31. The normalized spacial score (nSPS) is 23.9. The van der Waals surface area contributed by atoms with E-state index in [1.54, 1.807) is 24.3 Å². The third-order valence-corrected chi connectivity index (χ3v) is 5.51. The summed E-state index contributed by atoms with van der Waals surface area (Å²) in [5.74, 6) is 0.494. The Labute approximate surface area is 125 Å². The molecule has 0 aliphatic carbocycles. The van der Waals surface area contributed by atoms with Crippen molar-refractivity contribution in [2.45, 2.75) is 19.4 Å². The maximum atomic E-state index is 12.2. The summed E-state index contributed by atoms with van der Waals surface area (Å²) in [5, 5.41) is 9.65. The van der Waals surface area contributed by atoms with Crippen molar-refractivity contribution < 1.29 is 18.3 Å². The quantitative estimate of drug-likeness (QED) is 0.780. The first-order valence-electron chi connectivity index (χ1n) is 7.03. The molecule has 3 N–H and O–H groups in total. The summed E-state index contributed by atoms with van der Waals surface area (Å²) in [5.41, 5.74) is 6.20. The molecule has 1 aromatic rings. The van der Waals surface area contributed by atoms with Crippen molar-refractivity contribution in [3.05, 3.63) is 24.3 Å². The maximum Gasteiger partial charge on any atom is 0.217 e. The summed E-state index contributed by atoms with van der Waals surface area (Å²) in [6, 6.07) is 6.83. The van der Waals surface area contributed by atoms with Gasteiger partial charge in [0.2, 0.25) is 10.0 Å². The van der Waals surface area contributed by atoms with E-state index in [0.29, 0.717) is 30.9 Å². The zero-order valence-electron chi connectivity index (χ0n) is 12.1. The Balaban J connectivity index is 1.85. The summed E-state index contributed by atoms with van der Waals surface area (Å²) in [6.07, 6.45) is 0.0710. The molecule has 7 heteroatoms. The molecule has 0 amide bonds. The molecule has 6 nitrogen and oxygen atoms in total. The molecule has 1 aliphatic rings. The van der Waals surface area contributed by atoms with Crippen LogP contribution in [0.5, 0.6) is 5.75 Å². The standard InChI is InChI=1S/C14H22N2O4S/c1-11-10-16(7-6-14(11)17)21(18,19)9-8-20-13-4-2-12(15)3-5-13/h2-5,11,14,17H,6-10,15H2,1H3. The van der Waals surface area contributed by atoms with Gasteiger partial charge in [-0.3, -0.25) is 0 Å². The monoisotopic (exact) mass is 314 g/mol. The lowest BCUT2D eigenvalue weighted by molar-refractivity contribution is 0.0628. The first-order valence-corrected chi connectivity index (χ1v) is 8.63. The number of piperidine rings is 1. The van der Waals surface area contributed by atoms with E-state index in [-0.39, 0.29) is 18.3 Å². The summed E-state index contributed by atoms with van der Waals surface area (Å²) in [7, 11) is -3.35. The second-order valence-electron chi connectivity index (χ2n) is 5.42. The van der Waals surface area contributed by atoms with Crippen LogP contribution in [0.1, 0.15) is 13.3 Å². The number of nitrogen functional groups attached to an aromatic ring is 1. The maximum absolute atomic E-state index is 12.2. The Morgan fingerprint density at radius 3 is 2.67 bits per heavy atom. The Bertz CT molecular complexity index is 559. The number of nitrogens with zero attached hydrogens (tertiary/aromatic N) is 1. The first kappa shape index (κ1) is 16.1. The van der Waals surface area contributed by atoms with Gasteiger partial charge in [-0.05, 0) is 36.6 Å². The highest BCUT2D eigenvalue weighted by Crippen LogP contribution is 2.20. The van der Waals surface area contributed by atoms with Crippen molar-refractivity contribution in [2.75, 3.05) is 31.2 Å². The summed E-state index contributed by atoms with van der Waals surface area (Å²) >= 11 is 0. The molecule has 1 aromatic carbocycles. The number of anilines is 1. The second kappa shape index (κ2) is 6.64. The van der Waals surface area contributed by atoms with Gasteiger partial charge in [0.05, 0.1) is 11.9 Å². The zero-order chi connectivity index (χ0) is 15.5. The third-order valence-electron chi connectivity index (χ3n) is 3.71. The van der Waals surface area contributed by atoms with Crippen molar-refractivity contribution in [1.82, 2.24) is 4.31 Å². The molecule has 118 valence electrons. The number of rotatable bonds is 5. The first-order chi connectivity index (χ1) is 9.88. The largest absolute Gasteiger partial charge is 0.492 e. The van der Waals surface area contributed by atoms with E-state index in [2.05, 4.69) is 0 Å². The smallest absolute Gasteiger partial charge is 0.217 e. The minimum Gasteiger partial charge on any atom is -0.492 e. The minimum atomic E-state index is -3.35. The fraction of sp³-hybridized carbons (Fsp3) is 0.571. The molecular formula is C14H22N2O4S. The predicted molar refractivity (Wildman–Crippen MR) is 81.5 cm³/mol. The van der Waals surface area contributed by atoms with E-state index < -0.39 is 16.1 Å². The van der Waals surface area contributed by atoms with Crippen LogP contribution in [0.3, 0.4) is 0 Å². The molecule has 0 bridgehead atoms. The van der Waals surface area contributed by atoms with E-state index in [9.17, 15) is 13.5 Å². The van der Waals surface area contributed by atoms with Crippen LogP contribution in [0.25, 0.3) is 0 Å². The Kier molecular flexibility index (Phi) is 5.08. The molecule has 0 aromatic heterocycles. The van der Waals surface area contributed by atoms with Crippen LogP contribution in [0.15, 0.2) is 24.3 Å². The number of sulfonamides is 1. The van der Waals surface area contributed by atoms with Crippen molar-refractivity contribution in [3.8, 4) is 5.75 Å². The van der Waals surface area contributed by atoms with E-state index in [1.165, 1.54) is 4.31 Å². The van der Waals surface area contributed by atoms with Crippen LogP contribution in [0.2, 0.25) is 0 Å². The minimum absolute atomic E-state index is 0.0356. The van der Waals surface area contributed by atoms with Crippen molar-refractivity contribution >= 4 is 15.7 Å². The summed E-state index contributed by atoms with van der Waals surface area (Å²) in [4.78, 5) is 0. The molecule has 0 radical (unpaired) electrons. The number of hydrogen-bond donors (Lipinski definition) is 2. The topological polar surface area (TPSA) is 92.9 Å². The second-order valence-corrected chi connectivity index (χ2v) is 7.51. The SMILES string of the molecule is CC1CN(S(=O)(=O)CCOc2ccc(N)cc2)CCC1O. The van der Waals surface area contributed by atoms with Crippen LogP contribution in [-0.4, -0.2) is 49.4 Å². The van der Waals surface area contributed by atoms with E-state index >= 15 is 0 Å². The molecule has 1 saturated heterocycles. The van der Waals surface area contributed by atoms with Gasteiger partial charge in [-0.25, -0.2) is 12.7 Å². The highest BCUT2D eigenvalue weighted by atomic mass is 32.2. The Hall–Kier alpha value is -1.31. The molecule has 1 fully saturated rings. The molecule has 0 saturated carbocycles. The number of benzene rings is 1. The third kappa shape index (κ3) is 4.33. The van der Waals surface area contributed by atoms with E-state index in [4.69, 9.17) is 10.5 Å². The molecule has 21 heavy (non-hydrogen) atoms. The van der Waals surface area contributed by atoms with Gasteiger partial charge in [-0.15, -0.1) is 0 Å². The van der Waals surface area contributed by atoms with Gasteiger partial charge in [-0.2, -0.15) is 0 Å². The van der Waals surface area contributed by atoms with Crippen LogP contribution >= 0.6 is 0 Å². The average molecular weight is 314 g/mol. The van der Waals surface area contributed by atoms with Crippen LogP contribution < -0.4 is 10.5 Å². The summed E-state index contributed by atoms with van der Waals surface area (Å²) in [6.45, 7) is 2.69. The molecule has 2 atom stereocenters. The highest BCUT2D eigenvalue weighted by molar-refractivity contribution is 7.89. The van der Waals surface area contributed by atoms with Crippen LogP contribution in [-0.2, 0) is 10.0 Å². The van der Waals surface area contributed by atoms with Crippen LogP contribution in [0.4, 0.5) is 5.69 Å². The van der Waals surface area contributed by atoms with Crippen molar-refractivity contribution in [3.63, 3.8) is 0 Å². The van der Waals surface area contributed by atoms with Gasteiger partial charge >= 0.3 is 0 Å². The number of aliphatic hydroxyl groups is 1. The molecule has 0 spiro atoms. The fourth-order valence-corrected chi connectivity index (χ4v) is 3.70. The lowest BCUT2D eigenvalue weighted by Crippen LogP contribution is -2.46. The number of ether oxygens (including phenoxy) is 1. The Morgan fingerprint density at radius 1 is 1.38 bits per heavy atom. The van der Waals surface area contributed by atoms with Gasteiger partial charge < -0.3 is 15.6 Å². The van der Waals surface area contributed by atoms with Crippen molar-refractivity contribution in [2.24, 2.45) is 5.92 Å². The molecule has 1 aliphatic heterocycles. The van der Waals surface area contributed by atoms with E-state index in [1.807, 2.05) is 6.92 Å². The zero-order valence-corrected chi connectivity index (χ0v) is 12.9. The molecule has 2 unspecified atom stereocenters. The lowest BCUT2D eigenvalue weighted by Gasteiger charge is -2.33. The van der Waals surface area contributed by atoms with Crippen molar-refractivity contribution in [1.29, 1.82) is 0 Å². The Morgan fingerprint density at radius 2 is 2.05 bits per heavy atom. The number of aliphatic hydroxyl groups excluding tert-OH is 1. The average Bonchev–Trinajstić information content (AvgIpc) is 2.44. The van der Waals surface area contributed by atoms with Gasteiger partial charge in [-0.1, -0.05) is 6.92 Å².